The van der Waals surface area contributed by atoms with E-state index in [0.717, 1.165) is 51.0 Å². The molecule has 1 saturated heterocycles. The predicted molar refractivity (Wildman–Crippen MR) is 78.1 cm³/mol. The topological polar surface area (TPSA) is 42.2 Å². The minimum absolute atomic E-state index is 0.317. The molecular formula is C15H22F3N3. The molecule has 2 N–H and O–H groups in total. The first-order chi connectivity index (χ1) is 9.91. The molecule has 0 aliphatic carbocycles. The van der Waals surface area contributed by atoms with Crippen molar-refractivity contribution in [3.05, 3.63) is 18.0 Å². The van der Waals surface area contributed by atoms with Crippen LogP contribution in [0.2, 0.25) is 0 Å². The van der Waals surface area contributed by atoms with Gasteiger partial charge in [-0.25, -0.2) is 4.98 Å². The molecule has 21 heavy (non-hydrogen) atoms. The molecule has 1 aliphatic rings. The van der Waals surface area contributed by atoms with E-state index in [1.54, 1.807) is 0 Å². The number of aromatic nitrogens is 1. The van der Waals surface area contributed by atoms with Crippen LogP contribution in [0.25, 0.3) is 0 Å². The van der Waals surface area contributed by atoms with Gasteiger partial charge in [0.05, 0.1) is 17.6 Å². The molecule has 0 spiro atoms. The van der Waals surface area contributed by atoms with E-state index in [1.807, 2.05) is 4.90 Å². The molecule has 0 saturated carbocycles. The van der Waals surface area contributed by atoms with Crippen LogP contribution in [0, 0.1) is 5.92 Å². The summed E-state index contributed by atoms with van der Waals surface area (Å²) in [5.74, 6) is 0.671. The predicted octanol–water partition coefficient (Wildman–Crippen LogP) is 4.09. The molecule has 0 radical (unpaired) electrons. The summed E-state index contributed by atoms with van der Waals surface area (Å²) in [6.45, 7) is 3.68. The summed E-state index contributed by atoms with van der Waals surface area (Å²) in [5, 5.41) is 0. The highest BCUT2D eigenvalue weighted by Gasteiger charge is 2.33. The van der Waals surface area contributed by atoms with Crippen LogP contribution in [0.3, 0.4) is 0 Å². The zero-order valence-electron chi connectivity index (χ0n) is 12.3. The molecule has 1 aliphatic heterocycles. The Morgan fingerprint density at radius 3 is 2.76 bits per heavy atom. The Kier molecular flexibility index (Phi) is 4.96. The van der Waals surface area contributed by atoms with Crippen LogP contribution in [0.5, 0.6) is 0 Å². The van der Waals surface area contributed by atoms with Crippen LogP contribution in [0.4, 0.5) is 24.5 Å². The summed E-state index contributed by atoms with van der Waals surface area (Å²) in [5.41, 5.74) is 5.75. The van der Waals surface area contributed by atoms with Crippen molar-refractivity contribution < 1.29 is 13.2 Å². The Morgan fingerprint density at radius 2 is 2.10 bits per heavy atom. The van der Waals surface area contributed by atoms with Gasteiger partial charge in [0, 0.05) is 13.1 Å². The van der Waals surface area contributed by atoms with Gasteiger partial charge in [-0.1, -0.05) is 19.8 Å². The Balaban J connectivity index is 2.17. The number of pyridine rings is 1. The Bertz CT molecular complexity index is 474. The highest BCUT2D eigenvalue weighted by atomic mass is 19.4. The lowest BCUT2D eigenvalue weighted by Crippen LogP contribution is -2.26. The highest BCUT2D eigenvalue weighted by Crippen LogP contribution is 2.34. The van der Waals surface area contributed by atoms with E-state index in [4.69, 9.17) is 5.73 Å². The van der Waals surface area contributed by atoms with E-state index >= 15 is 0 Å². The normalized spacial score (nSPS) is 20.4. The monoisotopic (exact) mass is 301 g/mol. The van der Waals surface area contributed by atoms with Crippen molar-refractivity contribution in [2.24, 2.45) is 5.92 Å². The first kappa shape index (κ1) is 15.9. The largest absolute Gasteiger partial charge is 0.433 e. The van der Waals surface area contributed by atoms with Crippen LogP contribution in [0.15, 0.2) is 12.3 Å². The number of hydrogen-bond acceptors (Lipinski definition) is 3. The van der Waals surface area contributed by atoms with Gasteiger partial charge in [0.1, 0.15) is 5.69 Å². The molecule has 0 bridgehead atoms. The van der Waals surface area contributed by atoms with Gasteiger partial charge in [-0.05, 0) is 31.2 Å². The van der Waals surface area contributed by atoms with Gasteiger partial charge in [0.2, 0.25) is 0 Å². The Morgan fingerprint density at radius 1 is 1.33 bits per heavy atom. The van der Waals surface area contributed by atoms with E-state index in [9.17, 15) is 13.2 Å². The molecule has 1 aromatic rings. The molecule has 2 heterocycles. The summed E-state index contributed by atoms with van der Waals surface area (Å²) >= 11 is 0. The van der Waals surface area contributed by atoms with Crippen molar-refractivity contribution in [1.82, 2.24) is 4.98 Å². The van der Waals surface area contributed by atoms with Crippen molar-refractivity contribution >= 4 is 11.4 Å². The van der Waals surface area contributed by atoms with Crippen molar-refractivity contribution in [3.8, 4) is 0 Å². The number of nitrogens with two attached hydrogens (primary N) is 1. The maximum atomic E-state index is 12.8. The summed E-state index contributed by atoms with van der Waals surface area (Å²) in [6, 6.07) is 1.08. The fourth-order valence-corrected chi connectivity index (χ4v) is 2.99. The first-order valence-corrected chi connectivity index (χ1v) is 7.49. The lowest BCUT2D eigenvalue weighted by Gasteiger charge is -2.25. The van der Waals surface area contributed by atoms with Gasteiger partial charge in [-0.2, -0.15) is 13.2 Å². The van der Waals surface area contributed by atoms with Crippen LogP contribution in [-0.4, -0.2) is 18.1 Å². The maximum Gasteiger partial charge on any atom is 0.433 e. The van der Waals surface area contributed by atoms with E-state index in [2.05, 4.69) is 11.9 Å². The second kappa shape index (κ2) is 6.54. The molecule has 118 valence electrons. The summed E-state index contributed by atoms with van der Waals surface area (Å²) in [6.07, 6.45) is 2.17. The molecule has 2 rings (SSSR count). The number of alkyl halides is 3. The zero-order chi connectivity index (χ0) is 15.5. The fourth-order valence-electron chi connectivity index (χ4n) is 2.99. The lowest BCUT2D eigenvalue weighted by atomic mass is 9.96. The van der Waals surface area contributed by atoms with Crippen LogP contribution in [0.1, 0.15) is 44.7 Å². The summed E-state index contributed by atoms with van der Waals surface area (Å²) < 4.78 is 38.4. The van der Waals surface area contributed by atoms with Gasteiger partial charge in [0.25, 0.3) is 0 Å². The third-order valence-electron chi connectivity index (χ3n) is 4.09. The average Bonchev–Trinajstić information content (AvgIpc) is 2.64. The molecule has 1 unspecified atom stereocenters. The van der Waals surface area contributed by atoms with Crippen molar-refractivity contribution in [1.29, 1.82) is 0 Å². The Labute approximate surface area is 123 Å². The molecule has 3 nitrogen and oxygen atoms in total. The molecule has 1 atom stereocenters. The second-order valence-corrected chi connectivity index (χ2v) is 5.70. The molecule has 0 amide bonds. The third kappa shape index (κ3) is 4.02. The van der Waals surface area contributed by atoms with E-state index in [1.165, 1.54) is 6.42 Å². The van der Waals surface area contributed by atoms with Gasteiger partial charge in [0.15, 0.2) is 0 Å². The minimum Gasteiger partial charge on any atom is -0.396 e. The lowest BCUT2D eigenvalue weighted by molar-refractivity contribution is -0.141. The number of nitrogen functional groups attached to an aromatic ring is 1. The van der Waals surface area contributed by atoms with Gasteiger partial charge in [-0.15, -0.1) is 0 Å². The van der Waals surface area contributed by atoms with E-state index in [0.29, 0.717) is 17.3 Å². The number of halogens is 3. The van der Waals surface area contributed by atoms with Crippen molar-refractivity contribution in [3.63, 3.8) is 0 Å². The van der Waals surface area contributed by atoms with Gasteiger partial charge >= 0.3 is 6.18 Å². The molecule has 6 heteroatoms. The number of nitrogens with zero attached hydrogens (tertiary/aromatic N) is 2. The van der Waals surface area contributed by atoms with E-state index in [-0.39, 0.29) is 0 Å². The third-order valence-corrected chi connectivity index (χ3v) is 4.09. The number of rotatable bonds is 3. The van der Waals surface area contributed by atoms with E-state index < -0.39 is 11.9 Å². The zero-order valence-corrected chi connectivity index (χ0v) is 12.3. The molecular weight excluding hydrogens is 279 g/mol. The second-order valence-electron chi connectivity index (χ2n) is 5.70. The number of hydrogen-bond donors (Lipinski definition) is 1. The minimum atomic E-state index is -4.43. The summed E-state index contributed by atoms with van der Waals surface area (Å²) in [4.78, 5) is 5.37. The fraction of sp³-hybridized carbons (Fsp3) is 0.667. The van der Waals surface area contributed by atoms with Gasteiger partial charge < -0.3 is 10.6 Å². The molecule has 1 aromatic heterocycles. The first-order valence-electron chi connectivity index (χ1n) is 7.49. The quantitative estimate of drug-likeness (QED) is 0.914. The standard InChI is InChI=1S/C15H22F3N3/c1-2-4-11-5-3-7-21(8-6-11)13-9-14(15(16,17)18)20-10-12(13)19/h9-11H,2-8,19H2,1H3. The van der Waals surface area contributed by atoms with Gasteiger partial charge in [-0.3, -0.25) is 0 Å². The van der Waals surface area contributed by atoms with Crippen molar-refractivity contribution in [2.75, 3.05) is 23.7 Å². The average molecular weight is 301 g/mol. The maximum absolute atomic E-state index is 12.8. The molecule has 1 fully saturated rings. The SMILES string of the molecule is CCCC1CCCN(c2cc(C(F)(F)F)ncc2N)CC1. The van der Waals surface area contributed by atoms with Crippen LogP contribution < -0.4 is 10.6 Å². The number of anilines is 2. The highest BCUT2D eigenvalue weighted by molar-refractivity contribution is 5.67. The van der Waals surface area contributed by atoms with Crippen molar-refractivity contribution in [2.45, 2.75) is 45.2 Å². The smallest absolute Gasteiger partial charge is 0.396 e. The summed E-state index contributed by atoms with van der Waals surface area (Å²) in [7, 11) is 0. The molecule has 0 aromatic carbocycles. The Hall–Kier alpha value is -1.46. The van der Waals surface area contributed by atoms with Crippen LogP contribution >= 0.6 is 0 Å². The van der Waals surface area contributed by atoms with Crippen LogP contribution in [-0.2, 0) is 6.18 Å².